The summed E-state index contributed by atoms with van der Waals surface area (Å²) in [6.07, 6.45) is 1.85. The van der Waals surface area contributed by atoms with Gasteiger partial charge in [-0.2, -0.15) is 0 Å². The number of hydrogen-bond acceptors (Lipinski definition) is 3. The molecule has 0 saturated heterocycles. The van der Waals surface area contributed by atoms with Crippen molar-refractivity contribution in [3.8, 4) is 17.1 Å². The van der Waals surface area contributed by atoms with E-state index in [1.165, 1.54) is 13.2 Å². The van der Waals surface area contributed by atoms with Crippen LogP contribution in [0.3, 0.4) is 0 Å². The van der Waals surface area contributed by atoms with E-state index in [4.69, 9.17) is 17.0 Å². The van der Waals surface area contributed by atoms with Gasteiger partial charge in [0.25, 0.3) is 0 Å². The second-order valence-electron chi connectivity index (χ2n) is 4.28. The molecule has 1 aromatic heterocycles. The molecule has 0 aliphatic heterocycles. The highest BCUT2D eigenvalue weighted by atomic mass is 79.9. The molecule has 0 amide bonds. The summed E-state index contributed by atoms with van der Waals surface area (Å²) in [5.41, 5.74) is 1.73. The third-order valence-electron chi connectivity index (χ3n) is 2.86. The van der Waals surface area contributed by atoms with Gasteiger partial charge in [0.05, 0.1) is 11.6 Å². The third kappa shape index (κ3) is 3.07. The molecule has 0 aliphatic rings. The first-order valence-corrected chi connectivity index (χ1v) is 7.39. The molecule has 1 N–H and O–H groups in total. The van der Waals surface area contributed by atoms with Crippen molar-refractivity contribution in [1.29, 1.82) is 0 Å². The summed E-state index contributed by atoms with van der Waals surface area (Å²) >= 11 is 8.69. The molecule has 1 aromatic carbocycles. The zero-order chi connectivity index (χ0) is 14.7. The molecule has 6 heteroatoms. The summed E-state index contributed by atoms with van der Waals surface area (Å²) in [6.45, 7) is 2.09. The van der Waals surface area contributed by atoms with Crippen LogP contribution >= 0.6 is 28.1 Å². The van der Waals surface area contributed by atoms with E-state index in [1.54, 1.807) is 12.1 Å². The molecule has 0 unspecified atom stereocenters. The van der Waals surface area contributed by atoms with Gasteiger partial charge in [-0.25, -0.2) is 9.37 Å². The van der Waals surface area contributed by atoms with Gasteiger partial charge in [0.1, 0.15) is 10.5 Å². The minimum atomic E-state index is -0.402. The van der Waals surface area contributed by atoms with Gasteiger partial charge in [0.2, 0.25) is 0 Å². The van der Waals surface area contributed by atoms with Crippen molar-refractivity contribution in [2.75, 3.05) is 7.11 Å². The topological polar surface area (TPSA) is 37.9 Å². The Labute approximate surface area is 130 Å². The fourth-order valence-electron chi connectivity index (χ4n) is 1.87. The molecule has 0 aliphatic carbocycles. The van der Waals surface area contributed by atoms with Crippen LogP contribution in [0.5, 0.6) is 5.75 Å². The summed E-state index contributed by atoms with van der Waals surface area (Å²) in [4.78, 5) is 7.56. The number of H-pyrrole nitrogens is 1. The summed E-state index contributed by atoms with van der Waals surface area (Å²) in [5, 5.41) is 0. The summed E-state index contributed by atoms with van der Waals surface area (Å²) < 4.78 is 19.7. The first-order valence-electron chi connectivity index (χ1n) is 6.19. The Kier molecular flexibility index (Phi) is 4.88. The lowest BCUT2D eigenvalue weighted by Crippen LogP contribution is -1.99. The number of benzene rings is 1. The third-order valence-corrected chi connectivity index (χ3v) is 4.27. The average Bonchev–Trinajstić information content (AvgIpc) is 2.44. The molecule has 106 valence electrons. The molecule has 0 atom stereocenters. The van der Waals surface area contributed by atoms with Crippen LogP contribution in [0.2, 0.25) is 0 Å². The standard InChI is InChI=1S/C14H14BrFN2OS/c1-3-4-10-12(15)14(20)18-13(17-10)8-5-6-9(16)11(7-8)19-2/h5-7H,3-4H2,1-2H3,(H,17,18,20). The average molecular weight is 357 g/mol. The summed E-state index contributed by atoms with van der Waals surface area (Å²) in [7, 11) is 1.43. The number of methoxy groups -OCH3 is 1. The molecule has 0 fully saturated rings. The van der Waals surface area contributed by atoms with Gasteiger partial charge < -0.3 is 9.72 Å². The van der Waals surface area contributed by atoms with E-state index < -0.39 is 5.82 Å². The van der Waals surface area contributed by atoms with Crippen molar-refractivity contribution in [3.05, 3.63) is 38.8 Å². The maximum Gasteiger partial charge on any atom is 0.165 e. The predicted octanol–water partition coefficient (Wildman–Crippen LogP) is 4.67. The molecule has 3 nitrogen and oxygen atoms in total. The first-order chi connectivity index (χ1) is 9.56. The van der Waals surface area contributed by atoms with Crippen LogP contribution in [0.4, 0.5) is 4.39 Å². The number of ether oxygens (including phenoxy) is 1. The largest absolute Gasteiger partial charge is 0.494 e. The molecule has 0 saturated carbocycles. The fraction of sp³-hybridized carbons (Fsp3) is 0.286. The van der Waals surface area contributed by atoms with Crippen LogP contribution in [0.15, 0.2) is 22.7 Å². The second kappa shape index (κ2) is 6.45. The highest BCUT2D eigenvalue weighted by molar-refractivity contribution is 9.10. The molecule has 0 spiro atoms. The van der Waals surface area contributed by atoms with E-state index >= 15 is 0 Å². The Morgan fingerprint density at radius 3 is 2.85 bits per heavy atom. The maximum absolute atomic E-state index is 13.4. The van der Waals surface area contributed by atoms with Crippen molar-refractivity contribution in [2.24, 2.45) is 0 Å². The molecular formula is C14H14BrFN2OS. The summed E-state index contributed by atoms with van der Waals surface area (Å²) in [5.74, 6) is 0.393. The Morgan fingerprint density at radius 2 is 2.20 bits per heavy atom. The van der Waals surface area contributed by atoms with Crippen LogP contribution in [0.1, 0.15) is 19.0 Å². The maximum atomic E-state index is 13.4. The van der Waals surface area contributed by atoms with Crippen molar-refractivity contribution >= 4 is 28.1 Å². The summed E-state index contributed by atoms with van der Waals surface area (Å²) in [6, 6.07) is 4.61. The molecule has 0 radical (unpaired) electrons. The first kappa shape index (κ1) is 15.1. The van der Waals surface area contributed by atoms with Gasteiger partial charge in [0.15, 0.2) is 11.6 Å². The Bertz CT molecular complexity index is 687. The van der Waals surface area contributed by atoms with Gasteiger partial charge in [0, 0.05) is 11.3 Å². The molecule has 2 rings (SSSR count). The van der Waals surface area contributed by atoms with E-state index in [0.717, 1.165) is 28.6 Å². The van der Waals surface area contributed by atoms with Gasteiger partial charge in [-0.3, -0.25) is 0 Å². The number of nitrogens with zero attached hydrogens (tertiary/aromatic N) is 1. The molecule has 20 heavy (non-hydrogen) atoms. The van der Waals surface area contributed by atoms with E-state index in [0.29, 0.717) is 10.5 Å². The minimum absolute atomic E-state index is 0.184. The number of aromatic amines is 1. The lowest BCUT2D eigenvalue weighted by atomic mass is 10.2. The monoisotopic (exact) mass is 356 g/mol. The van der Waals surface area contributed by atoms with Gasteiger partial charge in [-0.05, 0) is 40.5 Å². The Hall–Kier alpha value is -1.27. The predicted molar refractivity (Wildman–Crippen MR) is 83.1 cm³/mol. The van der Waals surface area contributed by atoms with E-state index in [1.807, 2.05) is 0 Å². The van der Waals surface area contributed by atoms with Gasteiger partial charge >= 0.3 is 0 Å². The van der Waals surface area contributed by atoms with Gasteiger partial charge in [-0.15, -0.1) is 0 Å². The van der Waals surface area contributed by atoms with Crippen LogP contribution in [0.25, 0.3) is 11.4 Å². The highest BCUT2D eigenvalue weighted by Gasteiger charge is 2.10. The molecule has 1 heterocycles. The number of hydrogen-bond donors (Lipinski definition) is 1. The number of halogens is 2. The minimum Gasteiger partial charge on any atom is -0.494 e. The zero-order valence-electron chi connectivity index (χ0n) is 11.2. The fourth-order valence-corrected chi connectivity index (χ4v) is 2.47. The van der Waals surface area contributed by atoms with E-state index in [-0.39, 0.29) is 5.75 Å². The van der Waals surface area contributed by atoms with E-state index in [2.05, 4.69) is 32.8 Å². The molecular weight excluding hydrogens is 343 g/mol. The van der Waals surface area contributed by atoms with Crippen LogP contribution in [-0.4, -0.2) is 17.1 Å². The smallest absolute Gasteiger partial charge is 0.165 e. The Balaban J connectivity index is 2.55. The number of aromatic nitrogens is 2. The lowest BCUT2D eigenvalue weighted by molar-refractivity contribution is 0.386. The normalized spacial score (nSPS) is 10.6. The number of nitrogens with one attached hydrogen (secondary N) is 1. The number of aryl methyl sites for hydroxylation is 1. The van der Waals surface area contributed by atoms with Crippen LogP contribution < -0.4 is 4.74 Å². The molecule has 0 bridgehead atoms. The van der Waals surface area contributed by atoms with Crippen molar-refractivity contribution in [1.82, 2.24) is 9.97 Å². The zero-order valence-corrected chi connectivity index (χ0v) is 13.6. The molecule has 2 aromatic rings. The number of rotatable bonds is 4. The van der Waals surface area contributed by atoms with Crippen molar-refractivity contribution in [3.63, 3.8) is 0 Å². The quantitative estimate of drug-likeness (QED) is 0.809. The van der Waals surface area contributed by atoms with Crippen molar-refractivity contribution in [2.45, 2.75) is 19.8 Å². The SMILES string of the molecule is CCCc1[nH]c(-c2ccc(F)c(OC)c2)nc(=S)c1Br. The highest BCUT2D eigenvalue weighted by Crippen LogP contribution is 2.26. The van der Waals surface area contributed by atoms with E-state index in [9.17, 15) is 4.39 Å². The van der Waals surface area contributed by atoms with Crippen LogP contribution in [-0.2, 0) is 6.42 Å². The van der Waals surface area contributed by atoms with Crippen molar-refractivity contribution < 1.29 is 9.13 Å². The Morgan fingerprint density at radius 1 is 1.45 bits per heavy atom. The lowest BCUT2D eigenvalue weighted by Gasteiger charge is -2.09. The van der Waals surface area contributed by atoms with Crippen LogP contribution in [0, 0.1) is 10.5 Å². The second-order valence-corrected chi connectivity index (χ2v) is 5.46. The van der Waals surface area contributed by atoms with Gasteiger partial charge in [-0.1, -0.05) is 25.6 Å².